The third-order valence-electron chi connectivity index (χ3n) is 4.00. The van der Waals surface area contributed by atoms with E-state index in [1.807, 2.05) is 24.3 Å². The Morgan fingerprint density at radius 1 is 1.04 bits per heavy atom. The van der Waals surface area contributed by atoms with Gasteiger partial charge in [-0.25, -0.2) is 8.42 Å². The third-order valence-corrected chi connectivity index (χ3v) is 6.04. The van der Waals surface area contributed by atoms with E-state index in [1.165, 1.54) is 29.0 Å². The van der Waals surface area contributed by atoms with Gasteiger partial charge in [0.15, 0.2) is 9.84 Å². The summed E-state index contributed by atoms with van der Waals surface area (Å²) in [4.78, 5) is 12.5. The Balaban J connectivity index is 1.81. The molecule has 0 bridgehead atoms. The first-order valence-corrected chi connectivity index (χ1v) is 11.0. The van der Waals surface area contributed by atoms with Crippen molar-refractivity contribution in [1.82, 2.24) is 10.2 Å². The molecule has 27 heavy (non-hydrogen) atoms. The zero-order chi connectivity index (χ0) is 19.6. The van der Waals surface area contributed by atoms with Crippen molar-refractivity contribution >= 4 is 32.2 Å². The summed E-state index contributed by atoms with van der Waals surface area (Å²) in [5, 5.41) is 11.7. The highest BCUT2D eigenvalue weighted by molar-refractivity contribution is 7.90. The van der Waals surface area contributed by atoms with Crippen molar-refractivity contribution < 1.29 is 13.2 Å². The fourth-order valence-electron chi connectivity index (χ4n) is 2.54. The Labute approximate surface area is 162 Å². The summed E-state index contributed by atoms with van der Waals surface area (Å²) in [7, 11) is -3.51. The summed E-state index contributed by atoms with van der Waals surface area (Å²) in [6.07, 6.45) is 1.07. The van der Waals surface area contributed by atoms with Gasteiger partial charge >= 0.3 is 0 Å². The maximum atomic E-state index is 12.5. The Hall–Kier alpha value is -2.58. The van der Waals surface area contributed by atoms with E-state index in [1.54, 1.807) is 12.1 Å². The van der Waals surface area contributed by atoms with Crippen LogP contribution in [0, 0.1) is 0 Å². The number of carbonyl (C=O) groups is 1. The van der Waals surface area contributed by atoms with Gasteiger partial charge in [-0.15, -0.1) is 10.2 Å². The second-order valence-electron chi connectivity index (χ2n) is 6.41. The van der Waals surface area contributed by atoms with Gasteiger partial charge in [-0.1, -0.05) is 61.6 Å². The molecule has 0 aliphatic rings. The van der Waals surface area contributed by atoms with Crippen molar-refractivity contribution in [3.8, 4) is 10.6 Å². The second-order valence-corrected chi connectivity index (χ2v) is 9.37. The Bertz CT molecular complexity index is 1070. The summed E-state index contributed by atoms with van der Waals surface area (Å²) in [6.45, 7) is 4.25. The molecule has 0 spiro atoms. The Morgan fingerprint density at radius 3 is 2.33 bits per heavy atom. The molecule has 0 radical (unpaired) electrons. The van der Waals surface area contributed by atoms with E-state index < -0.39 is 15.7 Å². The van der Waals surface area contributed by atoms with Crippen molar-refractivity contribution in [3.05, 3.63) is 59.7 Å². The van der Waals surface area contributed by atoms with E-state index in [-0.39, 0.29) is 10.5 Å². The molecule has 0 aliphatic carbocycles. The predicted molar refractivity (Wildman–Crippen MR) is 107 cm³/mol. The molecule has 0 unspecified atom stereocenters. The number of carbonyl (C=O) groups excluding carboxylic acids is 1. The zero-order valence-corrected chi connectivity index (χ0v) is 16.8. The standard InChI is InChI=1S/C19H19N3O3S2/c1-12(2)13-8-10-14(11-9-13)18-21-22-19(26-18)20-17(23)15-6-4-5-7-16(15)27(3,24)25/h4-12H,1-3H3,(H,20,22,23). The first kappa shape index (κ1) is 19.2. The van der Waals surface area contributed by atoms with Crippen molar-refractivity contribution in [2.24, 2.45) is 0 Å². The van der Waals surface area contributed by atoms with Gasteiger partial charge in [0, 0.05) is 11.8 Å². The van der Waals surface area contributed by atoms with Crippen LogP contribution < -0.4 is 5.32 Å². The molecule has 1 amide bonds. The van der Waals surface area contributed by atoms with Crippen molar-refractivity contribution in [2.75, 3.05) is 11.6 Å². The lowest BCUT2D eigenvalue weighted by molar-refractivity contribution is 0.102. The molecule has 1 N–H and O–H groups in total. The van der Waals surface area contributed by atoms with E-state index in [9.17, 15) is 13.2 Å². The summed E-state index contributed by atoms with van der Waals surface area (Å²) in [5.41, 5.74) is 2.22. The van der Waals surface area contributed by atoms with Crippen LogP contribution in [0.5, 0.6) is 0 Å². The van der Waals surface area contributed by atoms with Crippen molar-refractivity contribution in [3.63, 3.8) is 0 Å². The molecular weight excluding hydrogens is 382 g/mol. The number of anilines is 1. The molecule has 0 atom stereocenters. The van der Waals surface area contributed by atoms with Gasteiger partial charge < -0.3 is 0 Å². The lowest BCUT2D eigenvalue weighted by Crippen LogP contribution is -2.15. The van der Waals surface area contributed by atoms with Crippen LogP contribution in [-0.4, -0.2) is 30.8 Å². The molecule has 0 aliphatic heterocycles. The third kappa shape index (κ3) is 4.40. The van der Waals surface area contributed by atoms with Gasteiger partial charge in [0.2, 0.25) is 5.13 Å². The molecule has 0 saturated heterocycles. The molecule has 1 heterocycles. The van der Waals surface area contributed by atoms with Crippen LogP contribution in [0.1, 0.15) is 35.7 Å². The van der Waals surface area contributed by atoms with Gasteiger partial charge in [0.25, 0.3) is 5.91 Å². The number of nitrogens with zero attached hydrogens (tertiary/aromatic N) is 2. The number of sulfone groups is 1. The van der Waals surface area contributed by atoms with Gasteiger partial charge in [-0.2, -0.15) is 0 Å². The van der Waals surface area contributed by atoms with Crippen LogP contribution in [0.15, 0.2) is 53.4 Å². The fraction of sp³-hybridized carbons (Fsp3) is 0.211. The van der Waals surface area contributed by atoms with E-state index >= 15 is 0 Å². The first-order valence-electron chi connectivity index (χ1n) is 8.30. The van der Waals surface area contributed by atoms with Crippen LogP contribution in [0.2, 0.25) is 0 Å². The minimum atomic E-state index is -3.51. The van der Waals surface area contributed by atoms with Gasteiger partial charge in [-0.05, 0) is 23.6 Å². The normalized spacial score (nSPS) is 11.6. The summed E-state index contributed by atoms with van der Waals surface area (Å²) in [5.74, 6) is -0.0906. The fourth-order valence-corrected chi connectivity index (χ4v) is 4.17. The minimum Gasteiger partial charge on any atom is -0.296 e. The van der Waals surface area contributed by atoms with Crippen molar-refractivity contribution in [1.29, 1.82) is 0 Å². The molecule has 6 nitrogen and oxygen atoms in total. The number of nitrogens with one attached hydrogen (secondary N) is 1. The lowest BCUT2D eigenvalue weighted by atomic mass is 10.0. The predicted octanol–water partition coefficient (Wildman–Crippen LogP) is 3.98. The van der Waals surface area contributed by atoms with Crippen LogP contribution >= 0.6 is 11.3 Å². The highest BCUT2D eigenvalue weighted by Gasteiger charge is 2.19. The number of aromatic nitrogens is 2. The maximum absolute atomic E-state index is 12.5. The number of amides is 1. The summed E-state index contributed by atoms with van der Waals surface area (Å²) in [6, 6.07) is 14.1. The number of hydrogen-bond acceptors (Lipinski definition) is 6. The Kier molecular flexibility index (Phi) is 5.38. The average molecular weight is 402 g/mol. The summed E-state index contributed by atoms with van der Waals surface area (Å²) < 4.78 is 23.7. The smallest absolute Gasteiger partial charge is 0.258 e. The number of benzene rings is 2. The Morgan fingerprint density at radius 2 is 1.70 bits per heavy atom. The molecule has 3 aromatic rings. The highest BCUT2D eigenvalue weighted by Crippen LogP contribution is 2.28. The first-order chi connectivity index (χ1) is 12.8. The van der Waals surface area contributed by atoms with Gasteiger partial charge in [-0.3, -0.25) is 10.1 Å². The zero-order valence-electron chi connectivity index (χ0n) is 15.1. The van der Waals surface area contributed by atoms with E-state index in [0.717, 1.165) is 11.8 Å². The van der Waals surface area contributed by atoms with E-state index in [4.69, 9.17) is 0 Å². The van der Waals surface area contributed by atoms with Crippen molar-refractivity contribution in [2.45, 2.75) is 24.7 Å². The molecule has 0 saturated carbocycles. The minimum absolute atomic E-state index is 0.0171. The topological polar surface area (TPSA) is 89.0 Å². The largest absolute Gasteiger partial charge is 0.296 e. The molecule has 8 heteroatoms. The van der Waals surface area contributed by atoms with Crippen LogP contribution in [0.3, 0.4) is 0 Å². The van der Waals surface area contributed by atoms with Crippen LogP contribution in [-0.2, 0) is 9.84 Å². The van der Waals surface area contributed by atoms with Crippen LogP contribution in [0.25, 0.3) is 10.6 Å². The lowest BCUT2D eigenvalue weighted by Gasteiger charge is -2.06. The summed E-state index contributed by atoms with van der Waals surface area (Å²) >= 11 is 1.23. The van der Waals surface area contributed by atoms with E-state index in [2.05, 4.69) is 29.4 Å². The SMILES string of the molecule is CC(C)c1ccc(-c2nnc(NC(=O)c3ccccc3S(C)(=O)=O)s2)cc1. The van der Waals surface area contributed by atoms with Crippen LogP contribution in [0.4, 0.5) is 5.13 Å². The number of hydrogen-bond donors (Lipinski definition) is 1. The van der Waals surface area contributed by atoms with Gasteiger partial charge in [0.1, 0.15) is 5.01 Å². The molecule has 2 aromatic carbocycles. The molecule has 1 aromatic heterocycles. The molecule has 140 valence electrons. The monoisotopic (exact) mass is 401 g/mol. The molecular formula is C19H19N3O3S2. The highest BCUT2D eigenvalue weighted by atomic mass is 32.2. The maximum Gasteiger partial charge on any atom is 0.258 e. The average Bonchev–Trinajstić information content (AvgIpc) is 3.09. The van der Waals surface area contributed by atoms with Gasteiger partial charge in [0.05, 0.1) is 10.5 Å². The quantitative estimate of drug-likeness (QED) is 0.698. The molecule has 3 rings (SSSR count). The second kappa shape index (κ2) is 7.58. The van der Waals surface area contributed by atoms with E-state index in [0.29, 0.717) is 16.1 Å². The molecule has 0 fully saturated rings. The number of rotatable bonds is 5.